The van der Waals surface area contributed by atoms with Gasteiger partial charge < -0.3 is 25.0 Å². The predicted molar refractivity (Wildman–Crippen MR) is 141 cm³/mol. The summed E-state index contributed by atoms with van der Waals surface area (Å²) in [4.78, 5) is 44.9. The lowest BCUT2D eigenvalue weighted by Gasteiger charge is -2.21. The highest BCUT2D eigenvalue weighted by molar-refractivity contribution is 6.01. The number of amides is 2. The van der Waals surface area contributed by atoms with Crippen LogP contribution in [0.4, 0.5) is 4.39 Å². The molecule has 38 heavy (non-hydrogen) atoms. The summed E-state index contributed by atoms with van der Waals surface area (Å²) in [6, 6.07) is 7.80. The quantitative estimate of drug-likeness (QED) is 0.395. The third-order valence-electron chi connectivity index (χ3n) is 6.72. The standard InChI is InChI=1S/C28H33FN4O5/c1-18(34)16-31-27(37)24-26(36)25-22(15-20(17-30-25)14-19-7-9-21(29)10-8-19)33(28(24)38)13-5-12-32-11-4-2-3-6-23(32)35/h7-10,15,17-18,34,36H,2-6,11-14,16H2,1H3,(H,31,37)/t18-/m0/s1. The zero-order chi connectivity index (χ0) is 27.2. The zero-order valence-corrected chi connectivity index (χ0v) is 21.5. The molecule has 1 fully saturated rings. The van der Waals surface area contributed by atoms with Crippen molar-refractivity contribution in [2.24, 2.45) is 0 Å². The number of nitrogens with one attached hydrogen (secondary N) is 1. The van der Waals surface area contributed by atoms with E-state index < -0.39 is 28.9 Å². The number of likely N-dealkylation sites (tertiary alicyclic amines) is 1. The number of aromatic hydroxyl groups is 1. The van der Waals surface area contributed by atoms with Gasteiger partial charge >= 0.3 is 0 Å². The smallest absolute Gasteiger partial charge is 0.267 e. The van der Waals surface area contributed by atoms with Crippen LogP contribution in [0.1, 0.15) is 60.5 Å². The van der Waals surface area contributed by atoms with Crippen molar-refractivity contribution >= 4 is 22.8 Å². The van der Waals surface area contributed by atoms with Gasteiger partial charge in [0.15, 0.2) is 5.75 Å². The first kappa shape index (κ1) is 27.3. The number of hydrogen-bond acceptors (Lipinski definition) is 6. The molecule has 3 heterocycles. The average Bonchev–Trinajstić information content (AvgIpc) is 3.10. The first-order valence-corrected chi connectivity index (χ1v) is 13.0. The van der Waals surface area contributed by atoms with Crippen LogP contribution in [-0.4, -0.2) is 62.2 Å². The minimum atomic E-state index is -0.831. The molecule has 1 aromatic carbocycles. The van der Waals surface area contributed by atoms with Gasteiger partial charge in [-0.1, -0.05) is 18.6 Å². The summed E-state index contributed by atoms with van der Waals surface area (Å²) in [5.74, 6) is -1.57. The number of halogens is 1. The third kappa shape index (κ3) is 6.36. The van der Waals surface area contributed by atoms with E-state index in [4.69, 9.17) is 0 Å². The van der Waals surface area contributed by atoms with Crippen molar-refractivity contribution in [3.63, 3.8) is 0 Å². The number of rotatable bonds is 9. The number of carbonyl (C=O) groups is 2. The second kappa shape index (κ2) is 12.2. The fourth-order valence-corrected chi connectivity index (χ4v) is 4.73. The molecular weight excluding hydrogens is 491 g/mol. The van der Waals surface area contributed by atoms with Crippen molar-refractivity contribution in [2.45, 2.75) is 58.1 Å². The van der Waals surface area contributed by atoms with Crippen LogP contribution >= 0.6 is 0 Å². The Morgan fingerprint density at radius 1 is 1.13 bits per heavy atom. The summed E-state index contributed by atoms with van der Waals surface area (Å²) < 4.78 is 14.7. The zero-order valence-electron chi connectivity index (χ0n) is 21.5. The van der Waals surface area contributed by atoms with E-state index in [0.717, 1.165) is 30.4 Å². The highest BCUT2D eigenvalue weighted by atomic mass is 19.1. The molecule has 0 aliphatic carbocycles. The lowest BCUT2D eigenvalue weighted by atomic mass is 10.1. The Labute approximate surface area is 219 Å². The van der Waals surface area contributed by atoms with Gasteiger partial charge in [-0.05, 0) is 61.9 Å². The van der Waals surface area contributed by atoms with Gasteiger partial charge in [0.1, 0.15) is 16.9 Å². The van der Waals surface area contributed by atoms with Crippen LogP contribution in [0.2, 0.25) is 0 Å². The molecule has 10 heteroatoms. The minimum Gasteiger partial charge on any atom is -0.505 e. The molecule has 0 saturated carbocycles. The number of aryl methyl sites for hydroxylation is 1. The molecular formula is C28H33FN4O5. The Balaban J connectivity index is 1.70. The molecule has 2 aromatic heterocycles. The molecule has 3 N–H and O–H groups in total. The van der Waals surface area contributed by atoms with Crippen molar-refractivity contribution in [1.29, 1.82) is 0 Å². The van der Waals surface area contributed by atoms with Gasteiger partial charge in [-0.15, -0.1) is 0 Å². The summed E-state index contributed by atoms with van der Waals surface area (Å²) in [6.45, 7) is 2.77. The SMILES string of the molecule is C[C@H](O)CNC(=O)c1c(O)c2ncc(Cc3ccc(F)cc3)cc2n(CCCN2CCCCCC2=O)c1=O. The van der Waals surface area contributed by atoms with Gasteiger partial charge in [-0.2, -0.15) is 0 Å². The number of aliphatic hydroxyl groups is 1. The van der Waals surface area contributed by atoms with E-state index in [-0.39, 0.29) is 30.3 Å². The fraction of sp³-hybridized carbons (Fsp3) is 0.429. The van der Waals surface area contributed by atoms with Gasteiger partial charge in [-0.3, -0.25) is 19.4 Å². The number of nitrogens with zero attached hydrogens (tertiary/aromatic N) is 3. The van der Waals surface area contributed by atoms with Crippen molar-refractivity contribution in [3.05, 3.63) is 69.4 Å². The maximum atomic E-state index is 13.5. The molecule has 1 aliphatic heterocycles. The molecule has 3 aromatic rings. The molecule has 1 saturated heterocycles. The van der Waals surface area contributed by atoms with Gasteiger partial charge in [-0.25, -0.2) is 4.39 Å². The monoisotopic (exact) mass is 524 g/mol. The summed E-state index contributed by atoms with van der Waals surface area (Å²) in [5.41, 5.74) is 0.927. The van der Waals surface area contributed by atoms with Crippen LogP contribution in [0.25, 0.3) is 11.0 Å². The van der Waals surface area contributed by atoms with E-state index in [1.54, 1.807) is 24.4 Å². The van der Waals surface area contributed by atoms with E-state index >= 15 is 0 Å². The fourth-order valence-electron chi connectivity index (χ4n) is 4.73. The van der Waals surface area contributed by atoms with Crippen LogP contribution in [-0.2, 0) is 17.8 Å². The highest BCUT2D eigenvalue weighted by Crippen LogP contribution is 2.26. The molecule has 0 spiro atoms. The number of pyridine rings is 2. The minimum absolute atomic E-state index is 0.0865. The van der Waals surface area contributed by atoms with Gasteiger partial charge in [0.25, 0.3) is 11.5 Å². The summed E-state index contributed by atoms with van der Waals surface area (Å²) >= 11 is 0. The van der Waals surface area contributed by atoms with Gasteiger partial charge in [0, 0.05) is 38.8 Å². The molecule has 2 amide bonds. The van der Waals surface area contributed by atoms with E-state index in [9.17, 15) is 29.0 Å². The lowest BCUT2D eigenvalue weighted by molar-refractivity contribution is -0.130. The van der Waals surface area contributed by atoms with Crippen LogP contribution in [0.3, 0.4) is 0 Å². The number of aromatic nitrogens is 2. The highest BCUT2D eigenvalue weighted by Gasteiger charge is 2.24. The van der Waals surface area contributed by atoms with Crippen LogP contribution < -0.4 is 10.9 Å². The Morgan fingerprint density at radius 2 is 1.89 bits per heavy atom. The molecule has 4 rings (SSSR count). The molecule has 0 radical (unpaired) electrons. The van der Waals surface area contributed by atoms with Crippen LogP contribution in [0, 0.1) is 5.82 Å². The summed E-state index contributed by atoms with van der Waals surface area (Å²) in [5, 5.41) is 22.9. The number of carbonyl (C=O) groups excluding carboxylic acids is 2. The van der Waals surface area contributed by atoms with Gasteiger partial charge in [0.2, 0.25) is 5.91 Å². The van der Waals surface area contributed by atoms with Crippen LogP contribution in [0.5, 0.6) is 5.75 Å². The lowest BCUT2D eigenvalue weighted by Crippen LogP contribution is -2.37. The largest absolute Gasteiger partial charge is 0.505 e. The third-order valence-corrected chi connectivity index (χ3v) is 6.72. The van der Waals surface area contributed by atoms with Crippen molar-refractivity contribution in [1.82, 2.24) is 19.8 Å². The average molecular weight is 525 g/mol. The van der Waals surface area contributed by atoms with Crippen LogP contribution in [0.15, 0.2) is 41.3 Å². The second-order valence-corrected chi connectivity index (χ2v) is 9.80. The Kier molecular flexibility index (Phi) is 8.73. The topological polar surface area (TPSA) is 125 Å². The molecule has 1 aliphatic rings. The normalized spacial score (nSPS) is 14.9. The molecule has 1 atom stereocenters. The Hall–Kier alpha value is -3.79. The number of hydrogen-bond donors (Lipinski definition) is 3. The van der Waals surface area contributed by atoms with E-state index in [1.807, 2.05) is 4.90 Å². The molecule has 0 unspecified atom stereocenters. The van der Waals surface area contributed by atoms with Crippen molar-refractivity contribution in [3.8, 4) is 5.75 Å². The maximum Gasteiger partial charge on any atom is 0.267 e. The first-order chi connectivity index (χ1) is 18.2. The van der Waals surface area contributed by atoms with E-state index in [1.165, 1.54) is 23.6 Å². The first-order valence-electron chi connectivity index (χ1n) is 13.0. The van der Waals surface area contributed by atoms with E-state index in [2.05, 4.69) is 10.3 Å². The maximum absolute atomic E-state index is 13.5. The summed E-state index contributed by atoms with van der Waals surface area (Å²) in [7, 11) is 0. The molecule has 202 valence electrons. The van der Waals surface area contributed by atoms with Crippen molar-refractivity contribution < 1.29 is 24.2 Å². The van der Waals surface area contributed by atoms with Crippen molar-refractivity contribution in [2.75, 3.05) is 19.6 Å². The summed E-state index contributed by atoms with van der Waals surface area (Å²) in [6.07, 6.45) is 4.97. The number of aliphatic hydroxyl groups excluding tert-OH is 1. The van der Waals surface area contributed by atoms with E-state index in [0.29, 0.717) is 37.9 Å². The number of fused-ring (bicyclic) bond motifs is 1. The second-order valence-electron chi connectivity index (χ2n) is 9.80. The Morgan fingerprint density at radius 3 is 2.63 bits per heavy atom. The molecule has 0 bridgehead atoms. The predicted octanol–water partition coefficient (Wildman–Crippen LogP) is 2.74. The number of benzene rings is 1. The van der Waals surface area contributed by atoms with Gasteiger partial charge in [0.05, 0.1) is 11.6 Å². The Bertz CT molecular complexity index is 1370. The molecule has 9 nitrogen and oxygen atoms in total.